The summed E-state index contributed by atoms with van der Waals surface area (Å²) in [4.78, 5) is 35.1. The summed E-state index contributed by atoms with van der Waals surface area (Å²) in [5, 5.41) is 11.5. The Hall–Kier alpha value is -2.41. The van der Waals surface area contributed by atoms with Gasteiger partial charge in [0.1, 0.15) is 11.6 Å². The number of hydrogen-bond acceptors (Lipinski definition) is 5. The highest BCUT2D eigenvalue weighted by atomic mass is 16.6. The van der Waals surface area contributed by atoms with Crippen LogP contribution in [0.25, 0.3) is 0 Å². The second-order valence-corrected chi connectivity index (χ2v) is 6.49. The van der Waals surface area contributed by atoms with Crippen LogP contribution in [0.3, 0.4) is 0 Å². The molecule has 0 unspecified atom stereocenters. The fourth-order valence-electron chi connectivity index (χ4n) is 1.99. The zero-order chi connectivity index (χ0) is 18.3. The van der Waals surface area contributed by atoms with Gasteiger partial charge in [-0.1, -0.05) is 30.3 Å². The number of carboxylic acid groups (broad SMARTS) is 1. The standard InChI is InChI=1S/C17H24N2O5/c1-17(2,3)24-14(20)10-13(16(22)23)19-15(21)12(18)9-11-7-5-4-6-8-11/h4-8,12-13H,9-10,18H2,1-3H3,(H,19,21)(H,22,23)/t12-,13+/m1/s1. The molecule has 7 heteroatoms. The zero-order valence-corrected chi connectivity index (χ0v) is 14.1. The highest BCUT2D eigenvalue weighted by Gasteiger charge is 2.28. The number of hydrogen-bond donors (Lipinski definition) is 3. The number of nitrogens with one attached hydrogen (secondary N) is 1. The number of carbonyl (C=O) groups excluding carboxylic acids is 2. The second kappa shape index (κ2) is 8.44. The molecule has 7 nitrogen and oxygen atoms in total. The minimum absolute atomic E-state index is 0.269. The molecule has 1 amide bonds. The Kier molecular flexibility index (Phi) is 6.91. The molecule has 1 aromatic carbocycles. The number of ether oxygens (including phenoxy) is 1. The molecule has 0 aliphatic carbocycles. The number of rotatable bonds is 7. The van der Waals surface area contributed by atoms with Crippen molar-refractivity contribution < 1.29 is 24.2 Å². The highest BCUT2D eigenvalue weighted by molar-refractivity contribution is 5.89. The number of esters is 1. The van der Waals surface area contributed by atoms with Gasteiger partial charge in [0, 0.05) is 0 Å². The van der Waals surface area contributed by atoms with Crippen molar-refractivity contribution in [2.45, 2.75) is 51.3 Å². The minimum atomic E-state index is -1.38. The van der Waals surface area contributed by atoms with E-state index in [4.69, 9.17) is 10.5 Å². The number of nitrogens with two attached hydrogens (primary N) is 1. The van der Waals surface area contributed by atoms with E-state index in [1.807, 2.05) is 30.3 Å². The largest absolute Gasteiger partial charge is 0.480 e. The van der Waals surface area contributed by atoms with Crippen LogP contribution in [0.1, 0.15) is 32.8 Å². The average Bonchev–Trinajstić information content (AvgIpc) is 2.45. The van der Waals surface area contributed by atoms with Gasteiger partial charge in [0.05, 0.1) is 12.5 Å². The maximum Gasteiger partial charge on any atom is 0.326 e. The van der Waals surface area contributed by atoms with Crippen molar-refractivity contribution >= 4 is 17.8 Å². The summed E-state index contributed by atoms with van der Waals surface area (Å²) in [6.07, 6.45) is -0.193. The van der Waals surface area contributed by atoms with E-state index in [9.17, 15) is 19.5 Å². The lowest BCUT2D eigenvalue weighted by molar-refractivity contribution is -0.158. The number of carboxylic acids is 1. The van der Waals surface area contributed by atoms with E-state index in [0.717, 1.165) is 5.56 Å². The topological polar surface area (TPSA) is 119 Å². The first-order valence-corrected chi connectivity index (χ1v) is 7.63. The molecule has 0 fully saturated rings. The van der Waals surface area contributed by atoms with Gasteiger partial charge in [-0.15, -0.1) is 0 Å². The predicted molar refractivity (Wildman–Crippen MR) is 88.1 cm³/mol. The molecule has 0 saturated carbocycles. The van der Waals surface area contributed by atoms with Gasteiger partial charge >= 0.3 is 11.9 Å². The van der Waals surface area contributed by atoms with Crippen LogP contribution in [0.2, 0.25) is 0 Å². The molecule has 132 valence electrons. The van der Waals surface area contributed by atoms with Gasteiger partial charge in [-0.25, -0.2) is 4.79 Å². The van der Waals surface area contributed by atoms with E-state index in [1.54, 1.807) is 20.8 Å². The van der Waals surface area contributed by atoms with E-state index >= 15 is 0 Å². The van der Waals surface area contributed by atoms with Crippen molar-refractivity contribution in [3.63, 3.8) is 0 Å². The normalized spacial score (nSPS) is 13.7. The maximum absolute atomic E-state index is 12.1. The fourth-order valence-corrected chi connectivity index (χ4v) is 1.99. The van der Waals surface area contributed by atoms with Crippen LogP contribution in [-0.2, 0) is 25.5 Å². The predicted octanol–water partition coefficient (Wildman–Crippen LogP) is 0.858. The van der Waals surface area contributed by atoms with E-state index < -0.39 is 42.0 Å². The van der Waals surface area contributed by atoms with E-state index in [0.29, 0.717) is 0 Å². The molecule has 24 heavy (non-hydrogen) atoms. The van der Waals surface area contributed by atoms with Gasteiger partial charge in [0.2, 0.25) is 5.91 Å². The summed E-state index contributed by atoms with van der Waals surface area (Å²) < 4.78 is 5.07. The van der Waals surface area contributed by atoms with Gasteiger partial charge in [0.15, 0.2) is 0 Å². The molecule has 0 bridgehead atoms. The lowest BCUT2D eigenvalue weighted by atomic mass is 10.1. The summed E-state index contributed by atoms with van der Waals surface area (Å²) in [5.74, 6) is -2.65. The molecule has 1 aromatic rings. The second-order valence-electron chi connectivity index (χ2n) is 6.49. The molecule has 4 N–H and O–H groups in total. The Morgan fingerprint density at radius 1 is 1.21 bits per heavy atom. The summed E-state index contributed by atoms with van der Waals surface area (Å²) in [5.41, 5.74) is 5.94. The van der Waals surface area contributed by atoms with Crippen LogP contribution < -0.4 is 11.1 Å². The third-order valence-corrected chi connectivity index (χ3v) is 3.04. The van der Waals surface area contributed by atoms with E-state index in [1.165, 1.54) is 0 Å². The quantitative estimate of drug-likeness (QED) is 0.635. The summed E-state index contributed by atoms with van der Waals surface area (Å²) in [6.45, 7) is 5.03. The Morgan fingerprint density at radius 2 is 1.79 bits per heavy atom. The van der Waals surface area contributed by atoms with Crippen LogP contribution in [0.5, 0.6) is 0 Å². The molecular weight excluding hydrogens is 312 g/mol. The molecule has 2 atom stereocenters. The van der Waals surface area contributed by atoms with Crippen LogP contribution in [0, 0.1) is 0 Å². The van der Waals surface area contributed by atoms with Crippen LogP contribution in [0.4, 0.5) is 0 Å². The first kappa shape index (κ1) is 19.6. The summed E-state index contributed by atoms with van der Waals surface area (Å²) in [6, 6.07) is 6.84. The molecule has 0 aromatic heterocycles. The van der Waals surface area contributed by atoms with Crippen molar-refractivity contribution in [2.24, 2.45) is 5.73 Å². The van der Waals surface area contributed by atoms with E-state index in [-0.39, 0.29) is 6.42 Å². The van der Waals surface area contributed by atoms with Crippen LogP contribution in [-0.4, -0.2) is 40.6 Å². The molecule has 1 rings (SSSR count). The Morgan fingerprint density at radius 3 is 2.29 bits per heavy atom. The third kappa shape index (κ3) is 7.23. The van der Waals surface area contributed by atoms with Gasteiger partial charge in [0.25, 0.3) is 0 Å². The maximum atomic E-state index is 12.1. The SMILES string of the molecule is CC(C)(C)OC(=O)C[C@H](NC(=O)[C@H](N)Cc1ccccc1)C(=O)O. The number of benzene rings is 1. The van der Waals surface area contributed by atoms with Gasteiger partial charge in [-0.2, -0.15) is 0 Å². The van der Waals surface area contributed by atoms with Gasteiger partial charge < -0.3 is 20.9 Å². The summed E-state index contributed by atoms with van der Waals surface area (Å²) >= 11 is 0. The van der Waals surface area contributed by atoms with Crippen LogP contribution >= 0.6 is 0 Å². The lowest BCUT2D eigenvalue weighted by Gasteiger charge is -2.22. The first-order chi connectivity index (χ1) is 11.1. The highest BCUT2D eigenvalue weighted by Crippen LogP contribution is 2.10. The smallest absolute Gasteiger partial charge is 0.326 e. The molecule has 0 aliphatic rings. The van der Waals surface area contributed by atoms with Crippen molar-refractivity contribution in [2.75, 3.05) is 0 Å². The molecule has 0 aliphatic heterocycles. The Balaban J connectivity index is 2.62. The van der Waals surface area contributed by atoms with Gasteiger partial charge in [-0.3, -0.25) is 9.59 Å². The molecular formula is C17H24N2O5. The molecule has 0 saturated heterocycles. The third-order valence-electron chi connectivity index (χ3n) is 3.04. The van der Waals surface area contributed by atoms with Crippen molar-refractivity contribution in [1.29, 1.82) is 0 Å². The summed E-state index contributed by atoms with van der Waals surface area (Å²) in [7, 11) is 0. The lowest BCUT2D eigenvalue weighted by Crippen LogP contribution is -2.50. The van der Waals surface area contributed by atoms with Crippen molar-refractivity contribution in [3.8, 4) is 0 Å². The molecule has 0 heterocycles. The molecule has 0 radical (unpaired) electrons. The van der Waals surface area contributed by atoms with Crippen LogP contribution in [0.15, 0.2) is 30.3 Å². The van der Waals surface area contributed by atoms with E-state index in [2.05, 4.69) is 5.32 Å². The number of amides is 1. The first-order valence-electron chi connectivity index (χ1n) is 7.63. The fraction of sp³-hybridized carbons (Fsp3) is 0.471. The zero-order valence-electron chi connectivity index (χ0n) is 14.1. The Bertz CT molecular complexity index is 580. The number of carbonyl (C=O) groups is 3. The minimum Gasteiger partial charge on any atom is -0.480 e. The number of aliphatic carboxylic acids is 1. The monoisotopic (exact) mass is 336 g/mol. The van der Waals surface area contributed by atoms with Gasteiger partial charge in [-0.05, 0) is 32.8 Å². The molecule has 0 spiro atoms. The van der Waals surface area contributed by atoms with Crippen molar-refractivity contribution in [3.05, 3.63) is 35.9 Å². The van der Waals surface area contributed by atoms with Crippen molar-refractivity contribution in [1.82, 2.24) is 5.32 Å². The Labute approximate surface area is 141 Å². The average molecular weight is 336 g/mol.